The molecule has 5 nitrogen and oxygen atoms in total. The maximum Gasteiger partial charge on any atom is 0.276 e. The lowest BCUT2D eigenvalue weighted by Crippen LogP contribution is -2.30. The van der Waals surface area contributed by atoms with Crippen molar-refractivity contribution in [3.8, 4) is 11.3 Å². The van der Waals surface area contributed by atoms with Gasteiger partial charge in [-0.05, 0) is 36.1 Å². The summed E-state index contributed by atoms with van der Waals surface area (Å²) in [6.45, 7) is 7.16. The van der Waals surface area contributed by atoms with Gasteiger partial charge in [0.05, 0.1) is 12.8 Å². The summed E-state index contributed by atoms with van der Waals surface area (Å²) in [6, 6.07) is 21.7. The molecular formula is C26H26N2O3. The molecule has 158 valence electrons. The molecule has 0 aliphatic carbocycles. The van der Waals surface area contributed by atoms with Gasteiger partial charge >= 0.3 is 0 Å². The van der Waals surface area contributed by atoms with E-state index in [2.05, 4.69) is 43.3 Å². The Bertz CT molecular complexity index is 1120. The second-order valence-electron chi connectivity index (χ2n) is 8.08. The zero-order valence-corrected chi connectivity index (χ0v) is 18.0. The smallest absolute Gasteiger partial charge is 0.276 e. The van der Waals surface area contributed by atoms with E-state index in [4.69, 9.17) is 8.94 Å². The molecule has 4 aromatic rings. The molecule has 2 aromatic carbocycles. The number of hydrogen-bond donors (Lipinski definition) is 0. The number of carbonyl (C=O) groups excluding carboxylic acids is 1. The van der Waals surface area contributed by atoms with Gasteiger partial charge in [-0.15, -0.1) is 0 Å². The summed E-state index contributed by atoms with van der Waals surface area (Å²) in [5, 5.41) is 4.05. The minimum Gasteiger partial charge on any atom is -0.467 e. The van der Waals surface area contributed by atoms with Gasteiger partial charge in [0.25, 0.3) is 5.91 Å². The molecule has 4 rings (SSSR count). The van der Waals surface area contributed by atoms with Crippen molar-refractivity contribution in [1.29, 1.82) is 0 Å². The molecule has 0 saturated heterocycles. The molecular weight excluding hydrogens is 388 g/mol. The van der Waals surface area contributed by atoms with Gasteiger partial charge in [-0.3, -0.25) is 4.79 Å². The van der Waals surface area contributed by atoms with Crippen LogP contribution in [0.15, 0.2) is 81.9 Å². The van der Waals surface area contributed by atoms with Crippen LogP contribution in [0.2, 0.25) is 0 Å². The van der Waals surface area contributed by atoms with Crippen LogP contribution in [0.1, 0.15) is 52.7 Å². The highest BCUT2D eigenvalue weighted by atomic mass is 16.5. The average Bonchev–Trinajstić information content (AvgIpc) is 3.46. The summed E-state index contributed by atoms with van der Waals surface area (Å²) in [6.07, 6.45) is 1.61. The molecule has 0 radical (unpaired) electrons. The Hall–Kier alpha value is -3.60. The highest BCUT2D eigenvalue weighted by molar-refractivity contribution is 5.93. The van der Waals surface area contributed by atoms with Crippen LogP contribution in [-0.2, 0) is 13.1 Å². The first-order valence-corrected chi connectivity index (χ1v) is 10.4. The third-order valence-electron chi connectivity index (χ3n) is 5.30. The molecule has 2 heterocycles. The Kier molecular flexibility index (Phi) is 6.03. The van der Waals surface area contributed by atoms with E-state index in [1.165, 1.54) is 5.56 Å². The number of benzene rings is 2. The van der Waals surface area contributed by atoms with E-state index in [9.17, 15) is 4.79 Å². The highest BCUT2D eigenvalue weighted by Crippen LogP contribution is 2.23. The van der Waals surface area contributed by atoms with E-state index in [-0.39, 0.29) is 11.6 Å². The fraction of sp³-hybridized carbons (Fsp3) is 0.231. The van der Waals surface area contributed by atoms with Crippen molar-refractivity contribution in [2.75, 3.05) is 0 Å². The molecule has 0 N–H and O–H groups in total. The van der Waals surface area contributed by atoms with Gasteiger partial charge in [0.15, 0.2) is 11.5 Å². The van der Waals surface area contributed by atoms with Gasteiger partial charge in [0.1, 0.15) is 5.76 Å². The quantitative estimate of drug-likeness (QED) is 0.361. The third kappa shape index (κ3) is 4.94. The molecule has 0 saturated carbocycles. The normalized spacial score (nSPS) is 11.1. The Labute approximate surface area is 182 Å². The molecule has 0 fully saturated rings. The molecule has 31 heavy (non-hydrogen) atoms. The summed E-state index contributed by atoms with van der Waals surface area (Å²) in [4.78, 5) is 15.0. The number of aryl methyl sites for hydroxylation is 1. The molecule has 1 amide bonds. The van der Waals surface area contributed by atoms with E-state index >= 15 is 0 Å². The van der Waals surface area contributed by atoms with Crippen LogP contribution in [0.25, 0.3) is 11.3 Å². The van der Waals surface area contributed by atoms with Crippen molar-refractivity contribution < 1.29 is 13.7 Å². The van der Waals surface area contributed by atoms with E-state index in [0.717, 1.165) is 22.5 Å². The molecule has 5 heteroatoms. The second kappa shape index (κ2) is 9.04. The minimum atomic E-state index is -0.202. The van der Waals surface area contributed by atoms with Crippen LogP contribution < -0.4 is 0 Å². The van der Waals surface area contributed by atoms with Crippen molar-refractivity contribution in [3.63, 3.8) is 0 Å². The predicted octanol–water partition coefficient (Wildman–Crippen LogP) is 6.21. The number of hydrogen-bond acceptors (Lipinski definition) is 4. The first-order valence-electron chi connectivity index (χ1n) is 10.4. The molecule has 0 spiro atoms. The first-order chi connectivity index (χ1) is 15.0. The second-order valence-corrected chi connectivity index (χ2v) is 8.08. The summed E-state index contributed by atoms with van der Waals surface area (Å²) in [5.74, 6) is 1.55. The number of nitrogens with zero attached hydrogens (tertiary/aromatic N) is 2. The maximum absolute atomic E-state index is 13.3. The van der Waals surface area contributed by atoms with Gasteiger partial charge < -0.3 is 13.8 Å². The molecule has 2 aromatic heterocycles. The van der Waals surface area contributed by atoms with Gasteiger partial charge in [0.2, 0.25) is 0 Å². The highest BCUT2D eigenvalue weighted by Gasteiger charge is 2.22. The van der Waals surface area contributed by atoms with Gasteiger partial charge in [-0.2, -0.15) is 0 Å². The van der Waals surface area contributed by atoms with Crippen molar-refractivity contribution in [1.82, 2.24) is 10.1 Å². The van der Waals surface area contributed by atoms with Gasteiger partial charge in [-0.1, -0.05) is 73.1 Å². The van der Waals surface area contributed by atoms with Crippen LogP contribution in [0.3, 0.4) is 0 Å². The SMILES string of the molecule is Cc1ccc(-c2cc(C(=O)N(Cc3ccc(C(C)C)cc3)Cc3ccco3)no2)cc1. The van der Waals surface area contributed by atoms with Crippen LogP contribution in [-0.4, -0.2) is 16.0 Å². The van der Waals surface area contributed by atoms with Crippen LogP contribution >= 0.6 is 0 Å². The van der Waals surface area contributed by atoms with E-state index in [1.54, 1.807) is 17.2 Å². The number of amides is 1. The standard InChI is InChI=1S/C26H26N2O3/c1-18(2)21-12-8-20(9-13-21)16-28(17-23-5-4-14-30-23)26(29)24-15-25(31-27-24)22-10-6-19(3)7-11-22/h4-15,18H,16-17H2,1-3H3. The largest absolute Gasteiger partial charge is 0.467 e. The van der Waals surface area contributed by atoms with Gasteiger partial charge in [-0.25, -0.2) is 0 Å². The maximum atomic E-state index is 13.3. The zero-order chi connectivity index (χ0) is 21.8. The van der Waals surface area contributed by atoms with Crippen LogP contribution in [0.4, 0.5) is 0 Å². The fourth-order valence-corrected chi connectivity index (χ4v) is 3.41. The van der Waals surface area contributed by atoms with Crippen LogP contribution in [0.5, 0.6) is 0 Å². The summed E-state index contributed by atoms with van der Waals surface area (Å²) < 4.78 is 11.0. The van der Waals surface area contributed by atoms with E-state index < -0.39 is 0 Å². The fourth-order valence-electron chi connectivity index (χ4n) is 3.41. The Morgan fingerprint density at radius 2 is 1.74 bits per heavy atom. The third-order valence-corrected chi connectivity index (χ3v) is 5.30. The molecule has 0 aliphatic heterocycles. The predicted molar refractivity (Wildman–Crippen MR) is 119 cm³/mol. The van der Waals surface area contributed by atoms with Crippen LogP contribution in [0, 0.1) is 6.92 Å². The molecule has 0 unspecified atom stereocenters. The topological polar surface area (TPSA) is 59.5 Å². The average molecular weight is 415 g/mol. The molecule has 0 atom stereocenters. The number of aromatic nitrogens is 1. The summed E-state index contributed by atoms with van der Waals surface area (Å²) in [5.41, 5.74) is 4.64. The number of furan rings is 1. The van der Waals surface area contributed by atoms with Crippen molar-refractivity contribution in [2.24, 2.45) is 0 Å². The lowest BCUT2D eigenvalue weighted by Gasteiger charge is -2.21. The Balaban J connectivity index is 1.57. The molecule has 0 aliphatic rings. The lowest BCUT2D eigenvalue weighted by atomic mass is 10.0. The monoisotopic (exact) mass is 414 g/mol. The summed E-state index contributed by atoms with van der Waals surface area (Å²) >= 11 is 0. The van der Waals surface area contributed by atoms with Gasteiger partial charge in [0, 0.05) is 18.2 Å². The molecule has 0 bridgehead atoms. The minimum absolute atomic E-state index is 0.202. The Morgan fingerprint density at radius 3 is 2.39 bits per heavy atom. The van der Waals surface area contributed by atoms with Crippen molar-refractivity contribution in [2.45, 2.75) is 39.8 Å². The first kappa shape index (κ1) is 20.7. The van der Waals surface area contributed by atoms with Crippen molar-refractivity contribution in [3.05, 3.63) is 101 Å². The van der Waals surface area contributed by atoms with Crippen molar-refractivity contribution >= 4 is 5.91 Å². The zero-order valence-electron chi connectivity index (χ0n) is 18.0. The number of carbonyl (C=O) groups is 1. The van der Waals surface area contributed by atoms with E-state index in [0.29, 0.717) is 24.8 Å². The van der Waals surface area contributed by atoms with E-state index in [1.807, 2.05) is 43.3 Å². The Morgan fingerprint density at radius 1 is 1.00 bits per heavy atom. The lowest BCUT2D eigenvalue weighted by molar-refractivity contribution is 0.0707. The number of rotatable bonds is 7. The summed E-state index contributed by atoms with van der Waals surface area (Å²) in [7, 11) is 0.